The summed E-state index contributed by atoms with van der Waals surface area (Å²) >= 11 is 0. The SMILES string of the molecule is CCCOc1ccc(C2/C(=C(/O)c3ccc(OCC)cc3)C(=O)C(=O)N2CCCn2ccnc2)cc1OC. The molecule has 1 fully saturated rings. The van der Waals surface area contributed by atoms with Crippen molar-refractivity contribution in [3.63, 3.8) is 0 Å². The van der Waals surface area contributed by atoms with Gasteiger partial charge in [-0.2, -0.15) is 0 Å². The third-order valence-corrected chi connectivity index (χ3v) is 6.32. The molecular weight excluding hydrogens is 486 g/mol. The van der Waals surface area contributed by atoms with Gasteiger partial charge < -0.3 is 28.8 Å². The topological polar surface area (TPSA) is 103 Å². The number of benzene rings is 2. The molecule has 0 aliphatic carbocycles. The summed E-state index contributed by atoms with van der Waals surface area (Å²) in [5.74, 6) is 0.0853. The molecule has 1 atom stereocenters. The number of aryl methyl sites for hydroxylation is 1. The summed E-state index contributed by atoms with van der Waals surface area (Å²) in [5.41, 5.74) is 1.09. The number of ether oxygens (including phenoxy) is 3. The van der Waals surface area contributed by atoms with Gasteiger partial charge in [0, 0.05) is 31.0 Å². The van der Waals surface area contributed by atoms with Crippen molar-refractivity contribution >= 4 is 17.4 Å². The van der Waals surface area contributed by atoms with Crippen LogP contribution in [0.3, 0.4) is 0 Å². The van der Waals surface area contributed by atoms with E-state index >= 15 is 0 Å². The standard InChI is InChI=1S/C29H33N3O6/c1-4-17-38-23-12-9-21(18-24(23)36-3)26-25(27(33)20-7-10-22(11-8-20)37-5-2)28(34)29(35)32(26)15-6-14-31-16-13-30-19-31/h7-13,16,18-19,26,33H,4-6,14-15,17H2,1-3H3/b27-25-. The molecule has 1 saturated heterocycles. The molecule has 1 amide bonds. The molecule has 0 spiro atoms. The van der Waals surface area contributed by atoms with Gasteiger partial charge in [-0.05, 0) is 61.7 Å². The maximum Gasteiger partial charge on any atom is 0.295 e. The van der Waals surface area contributed by atoms with E-state index in [4.69, 9.17) is 14.2 Å². The third kappa shape index (κ3) is 5.66. The number of carbonyl (C=O) groups is 2. The first-order valence-electron chi connectivity index (χ1n) is 12.8. The molecule has 9 heteroatoms. The smallest absolute Gasteiger partial charge is 0.295 e. The summed E-state index contributed by atoms with van der Waals surface area (Å²) in [6, 6.07) is 11.3. The van der Waals surface area contributed by atoms with E-state index in [-0.39, 0.29) is 11.3 Å². The van der Waals surface area contributed by atoms with Gasteiger partial charge in [0.15, 0.2) is 11.5 Å². The van der Waals surface area contributed by atoms with Crippen molar-refractivity contribution in [1.29, 1.82) is 0 Å². The number of ketones is 1. The average molecular weight is 520 g/mol. The maximum atomic E-state index is 13.3. The Balaban J connectivity index is 1.74. The van der Waals surface area contributed by atoms with Crippen LogP contribution in [-0.4, -0.2) is 58.1 Å². The third-order valence-electron chi connectivity index (χ3n) is 6.32. The Labute approximate surface area is 222 Å². The molecule has 1 aliphatic rings. The van der Waals surface area contributed by atoms with Crippen LogP contribution in [0.1, 0.15) is 43.9 Å². The van der Waals surface area contributed by atoms with E-state index in [1.165, 1.54) is 4.90 Å². The normalized spacial score (nSPS) is 16.6. The molecule has 3 aromatic rings. The highest BCUT2D eigenvalue weighted by Gasteiger charge is 2.46. The molecule has 4 rings (SSSR count). The van der Waals surface area contributed by atoms with Crippen LogP contribution in [0.5, 0.6) is 17.2 Å². The molecule has 0 bridgehead atoms. The molecule has 9 nitrogen and oxygen atoms in total. The van der Waals surface area contributed by atoms with Crippen molar-refractivity contribution in [3.8, 4) is 17.2 Å². The Morgan fingerprint density at radius 2 is 1.82 bits per heavy atom. The Bertz CT molecular complexity index is 1280. The predicted molar refractivity (Wildman–Crippen MR) is 142 cm³/mol. The van der Waals surface area contributed by atoms with Gasteiger partial charge in [0.2, 0.25) is 0 Å². The summed E-state index contributed by atoms with van der Waals surface area (Å²) in [6.07, 6.45) is 6.67. The van der Waals surface area contributed by atoms with Crippen LogP contribution in [0, 0.1) is 0 Å². The van der Waals surface area contributed by atoms with E-state index in [9.17, 15) is 14.7 Å². The molecule has 38 heavy (non-hydrogen) atoms. The van der Waals surface area contributed by atoms with Crippen molar-refractivity contribution in [2.24, 2.45) is 0 Å². The van der Waals surface area contributed by atoms with Gasteiger partial charge in [-0.3, -0.25) is 9.59 Å². The van der Waals surface area contributed by atoms with E-state index in [0.29, 0.717) is 61.1 Å². The van der Waals surface area contributed by atoms with Gasteiger partial charge in [-0.15, -0.1) is 0 Å². The molecule has 1 aliphatic heterocycles. The molecule has 2 heterocycles. The van der Waals surface area contributed by atoms with Crippen LogP contribution in [-0.2, 0) is 16.1 Å². The second kappa shape index (κ2) is 12.3. The first-order chi connectivity index (χ1) is 18.5. The van der Waals surface area contributed by atoms with E-state index < -0.39 is 17.7 Å². The lowest BCUT2D eigenvalue weighted by Crippen LogP contribution is -2.31. The van der Waals surface area contributed by atoms with Crippen LogP contribution in [0.25, 0.3) is 5.76 Å². The molecular formula is C29H33N3O6. The van der Waals surface area contributed by atoms with Crippen molar-refractivity contribution in [2.75, 3.05) is 26.9 Å². The number of methoxy groups -OCH3 is 1. The fraction of sp³-hybridized carbons (Fsp3) is 0.345. The Morgan fingerprint density at radius 3 is 2.47 bits per heavy atom. The van der Waals surface area contributed by atoms with Gasteiger partial charge in [-0.25, -0.2) is 4.98 Å². The number of rotatable bonds is 12. The molecule has 1 N–H and O–H groups in total. The van der Waals surface area contributed by atoms with Gasteiger partial charge in [0.05, 0.1) is 38.3 Å². The lowest BCUT2D eigenvalue weighted by atomic mass is 9.95. The summed E-state index contributed by atoms with van der Waals surface area (Å²) in [7, 11) is 1.54. The van der Waals surface area contributed by atoms with Crippen LogP contribution in [0.4, 0.5) is 0 Å². The zero-order valence-electron chi connectivity index (χ0n) is 21.9. The minimum absolute atomic E-state index is 0.0334. The summed E-state index contributed by atoms with van der Waals surface area (Å²) < 4.78 is 18.8. The first kappa shape index (κ1) is 26.8. The number of aliphatic hydroxyl groups is 1. The number of aliphatic hydroxyl groups excluding tert-OH is 1. The largest absolute Gasteiger partial charge is 0.507 e. The number of nitrogens with zero attached hydrogens (tertiary/aromatic N) is 3. The second-order valence-corrected chi connectivity index (χ2v) is 8.86. The van der Waals surface area contributed by atoms with Crippen molar-refractivity contribution < 1.29 is 28.9 Å². The van der Waals surface area contributed by atoms with Crippen molar-refractivity contribution in [1.82, 2.24) is 14.5 Å². The fourth-order valence-electron chi connectivity index (χ4n) is 4.52. The van der Waals surface area contributed by atoms with Gasteiger partial charge in [0.1, 0.15) is 11.5 Å². The lowest BCUT2D eigenvalue weighted by Gasteiger charge is -2.26. The number of likely N-dealkylation sites (tertiary alicyclic amines) is 1. The number of carbonyl (C=O) groups excluding carboxylic acids is 2. The number of Topliss-reactive ketones (excluding diaryl/α,β-unsaturated/α-hetero) is 1. The van der Waals surface area contributed by atoms with Crippen LogP contribution in [0.2, 0.25) is 0 Å². The zero-order valence-corrected chi connectivity index (χ0v) is 21.9. The quantitative estimate of drug-likeness (QED) is 0.212. The number of hydrogen-bond donors (Lipinski definition) is 1. The minimum Gasteiger partial charge on any atom is -0.507 e. The zero-order chi connectivity index (χ0) is 27.1. The van der Waals surface area contributed by atoms with Crippen molar-refractivity contribution in [2.45, 2.75) is 39.3 Å². The molecule has 1 unspecified atom stereocenters. The highest BCUT2D eigenvalue weighted by molar-refractivity contribution is 6.46. The second-order valence-electron chi connectivity index (χ2n) is 8.86. The van der Waals surface area contributed by atoms with E-state index in [1.807, 2.05) is 24.6 Å². The molecule has 200 valence electrons. The molecule has 0 radical (unpaired) electrons. The lowest BCUT2D eigenvalue weighted by molar-refractivity contribution is -0.139. The Morgan fingerprint density at radius 1 is 1.03 bits per heavy atom. The van der Waals surface area contributed by atoms with Crippen molar-refractivity contribution in [3.05, 3.63) is 77.9 Å². The molecule has 2 aromatic carbocycles. The van der Waals surface area contributed by atoms with Gasteiger partial charge in [0.25, 0.3) is 11.7 Å². The van der Waals surface area contributed by atoms with Crippen LogP contribution >= 0.6 is 0 Å². The highest BCUT2D eigenvalue weighted by Crippen LogP contribution is 2.42. The first-order valence-corrected chi connectivity index (χ1v) is 12.8. The van der Waals surface area contributed by atoms with E-state index in [2.05, 4.69) is 4.98 Å². The summed E-state index contributed by atoms with van der Waals surface area (Å²) in [5, 5.41) is 11.3. The predicted octanol–water partition coefficient (Wildman–Crippen LogP) is 4.59. The average Bonchev–Trinajstić information content (AvgIpc) is 3.54. The number of hydrogen-bond acceptors (Lipinski definition) is 7. The number of aromatic nitrogens is 2. The number of imidazole rings is 1. The maximum absolute atomic E-state index is 13.3. The summed E-state index contributed by atoms with van der Waals surface area (Å²) in [4.78, 5) is 32.2. The number of amides is 1. The van der Waals surface area contributed by atoms with E-state index in [0.717, 1.165) is 6.42 Å². The molecule has 1 aromatic heterocycles. The Hall–Kier alpha value is -4.27. The Kier molecular flexibility index (Phi) is 8.68. The minimum atomic E-state index is -0.793. The van der Waals surface area contributed by atoms with Gasteiger partial charge >= 0.3 is 0 Å². The summed E-state index contributed by atoms with van der Waals surface area (Å²) in [6.45, 7) is 5.87. The highest BCUT2D eigenvalue weighted by atomic mass is 16.5. The van der Waals surface area contributed by atoms with Crippen LogP contribution < -0.4 is 14.2 Å². The monoisotopic (exact) mass is 519 g/mol. The van der Waals surface area contributed by atoms with Gasteiger partial charge in [-0.1, -0.05) is 13.0 Å². The fourth-order valence-corrected chi connectivity index (χ4v) is 4.52. The molecule has 0 saturated carbocycles. The van der Waals surface area contributed by atoms with E-state index in [1.54, 1.807) is 62.1 Å². The van der Waals surface area contributed by atoms with Crippen LogP contribution in [0.15, 0.2) is 66.8 Å².